The lowest BCUT2D eigenvalue weighted by atomic mass is 10.2. The Morgan fingerprint density at radius 3 is 2.71 bits per heavy atom. The van der Waals surface area contributed by atoms with Gasteiger partial charge in [-0.1, -0.05) is 34.6 Å². The van der Waals surface area contributed by atoms with Crippen LogP contribution in [0.4, 0.5) is 0 Å². The predicted molar refractivity (Wildman–Crippen MR) is 62.4 cm³/mol. The quantitative estimate of drug-likeness (QED) is 0.764. The Labute approximate surface area is 90.8 Å². The maximum absolute atomic E-state index is 4.45. The molecule has 0 radical (unpaired) electrons. The summed E-state index contributed by atoms with van der Waals surface area (Å²) in [6.45, 7) is 3.90. The van der Waals surface area contributed by atoms with E-state index in [0.29, 0.717) is 0 Å². The Morgan fingerprint density at radius 1 is 1.29 bits per heavy atom. The second-order valence-corrected chi connectivity index (χ2v) is 3.54. The SMILES string of the molecule is C=C(CBr)c1cnc2ccccc2n1. The van der Waals surface area contributed by atoms with Gasteiger partial charge in [-0.2, -0.15) is 0 Å². The average Bonchev–Trinajstić information content (AvgIpc) is 2.27. The van der Waals surface area contributed by atoms with Gasteiger partial charge in [0.2, 0.25) is 0 Å². The van der Waals surface area contributed by atoms with Gasteiger partial charge in [-0.05, 0) is 17.7 Å². The van der Waals surface area contributed by atoms with Crippen LogP contribution in [0.3, 0.4) is 0 Å². The Morgan fingerprint density at radius 2 is 2.00 bits per heavy atom. The number of fused-ring (bicyclic) bond motifs is 1. The molecular formula is C11H9BrN2. The first-order chi connectivity index (χ1) is 6.81. The summed E-state index contributed by atoms with van der Waals surface area (Å²) in [5.74, 6) is 0. The van der Waals surface area contributed by atoms with Gasteiger partial charge in [0.1, 0.15) is 0 Å². The Kier molecular flexibility index (Phi) is 2.59. The standard InChI is InChI=1S/C11H9BrN2/c1-8(6-12)11-7-13-9-4-2-3-5-10(9)14-11/h2-5,7H,1,6H2. The minimum atomic E-state index is 0.722. The van der Waals surface area contributed by atoms with Crippen LogP contribution >= 0.6 is 15.9 Å². The third kappa shape index (κ3) is 1.68. The first kappa shape index (κ1) is 9.34. The highest BCUT2D eigenvalue weighted by atomic mass is 79.9. The summed E-state index contributed by atoms with van der Waals surface area (Å²) < 4.78 is 0. The topological polar surface area (TPSA) is 25.8 Å². The van der Waals surface area contributed by atoms with Crippen LogP contribution in [0.2, 0.25) is 0 Å². The molecule has 0 fully saturated rings. The van der Waals surface area contributed by atoms with Gasteiger partial charge in [0, 0.05) is 5.33 Å². The highest BCUT2D eigenvalue weighted by Gasteiger charge is 2.01. The van der Waals surface area contributed by atoms with Crippen molar-refractivity contribution < 1.29 is 0 Å². The molecule has 0 bridgehead atoms. The van der Waals surface area contributed by atoms with Crippen LogP contribution in [0.15, 0.2) is 37.0 Å². The van der Waals surface area contributed by atoms with Crippen LogP contribution in [0.5, 0.6) is 0 Å². The van der Waals surface area contributed by atoms with Gasteiger partial charge in [0.25, 0.3) is 0 Å². The number of hydrogen-bond acceptors (Lipinski definition) is 2. The zero-order chi connectivity index (χ0) is 9.97. The van der Waals surface area contributed by atoms with Gasteiger partial charge in [-0.15, -0.1) is 0 Å². The number of hydrogen-bond donors (Lipinski definition) is 0. The van der Waals surface area contributed by atoms with Crippen molar-refractivity contribution in [3.8, 4) is 0 Å². The van der Waals surface area contributed by atoms with Crippen LogP contribution in [-0.4, -0.2) is 15.3 Å². The van der Waals surface area contributed by atoms with Crippen LogP contribution in [0, 0.1) is 0 Å². The molecule has 1 aromatic carbocycles. The van der Waals surface area contributed by atoms with Crippen LogP contribution < -0.4 is 0 Å². The molecule has 0 atom stereocenters. The molecule has 0 saturated carbocycles. The second kappa shape index (κ2) is 3.88. The summed E-state index contributed by atoms with van der Waals surface area (Å²) in [6, 6.07) is 7.81. The first-order valence-electron chi connectivity index (χ1n) is 4.27. The highest BCUT2D eigenvalue weighted by molar-refractivity contribution is 9.09. The third-order valence-electron chi connectivity index (χ3n) is 1.97. The van der Waals surface area contributed by atoms with Gasteiger partial charge in [0.05, 0.1) is 22.9 Å². The summed E-state index contributed by atoms with van der Waals surface area (Å²) >= 11 is 3.35. The molecule has 1 aromatic heterocycles. The average molecular weight is 249 g/mol. The fraction of sp³-hybridized carbons (Fsp3) is 0.0909. The molecule has 0 aliphatic rings. The van der Waals surface area contributed by atoms with E-state index < -0.39 is 0 Å². The van der Waals surface area contributed by atoms with Crippen molar-refractivity contribution in [3.05, 3.63) is 42.7 Å². The normalized spacial score (nSPS) is 10.4. The molecule has 0 aliphatic carbocycles. The second-order valence-electron chi connectivity index (χ2n) is 2.98. The molecule has 0 amide bonds. The number of benzene rings is 1. The molecule has 2 nitrogen and oxygen atoms in total. The van der Waals surface area contributed by atoms with Gasteiger partial charge < -0.3 is 0 Å². The van der Waals surface area contributed by atoms with E-state index in [4.69, 9.17) is 0 Å². The van der Waals surface area contributed by atoms with Crippen molar-refractivity contribution in [1.29, 1.82) is 0 Å². The van der Waals surface area contributed by atoms with E-state index in [1.165, 1.54) is 0 Å². The molecule has 0 unspecified atom stereocenters. The Hall–Kier alpha value is -1.22. The zero-order valence-corrected chi connectivity index (χ0v) is 9.16. The van der Waals surface area contributed by atoms with Crippen molar-refractivity contribution in [1.82, 2.24) is 9.97 Å². The maximum Gasteiger partial charge on any atom is 0.0894 e. The monoisotopic (exact) mass is 248 g/mol. The number of allylic oxidation sites excluding steroid dienone is 1. The molecule has 1 heterocycles. The smallest absolute Gasteiger partial charge is 0.0894 e. The molecule has 2 rings (SSSR count). The number of alkyl halides is 1. The van der Waals surface area contributed by atoms with E-state index in [9.17, 15) is 0 Å². The van der Waals surface area contributed by atoms with Gasteiger partial charge >= 0.3 is 0 Å². The number of nitrogens with zero attached hydrogens (tertiary/aromatic N) is 2. The minimum absolute atomic E-state index is 0.722. The molecule has 70 valence electrons. The maximum atomic E-state index is 4.45. The summed E-state index contributed by atoms with van der Waals surface area (Å²) in [4.78, 5) is 8.76. The first-order valence-corrected chi connectivity index (χ1v) is 5.39. The van der Waals surface area contributed by atoms with Crippen molar-refractivity contribution >= 4 is 32.5 Å². The van der Waals surface area contributed by atoms with Gasteiger partial charge in [-0.3, -0.25) is 4.98 Å². The summed E-state index contributed by atoms with van der Waals surface area (Å²) in [6.07, 6.45) is 1.76. The molecule has 0 N–H and O–H groups in total. The fourth-order valence-electron chi connectivity index (χ4n) is 1.20. The van der Waals surface area contributed by atoms with Crippen molar-refractivity contribution in [3.63, 3.8) is 0 Å². The molecule has 14 heavy (non-hydrogen) atoms. The number of aromatic nitrogens is 2. The zero-order valence-electron chi connectivity index (χ0n) is 7.57. The molecule has 0 saturated heterocycles. The van der Waals surface area contributed by atoms with Gasteiger partial charge in [0.15, 0.2) is 0 Å². The van der Waals surface area contributed by atoms with Gasteiger partial charge in [-0.25, -0.2) is 4.98 Å². The number of para-hydroxylation sites is 2. The lowest BCUT2D eigenvalue weighted by Gasteiger charge is -2.01. The largest absolute Gasteiger partial charge is 0.252 e. The summed E-state index contributed by atoms with van der Waals surface area (Å²) in [5.41, 5.74) is 3.62. The number of halogens is 1. The molecule has 0 spiro atoms. The van der Waals surface area contributed by atoms with E-state index in [-0.39, 0.29) is 0 Å². The van der Waals surface area contributed by atoms with Crippen LogP contribution in [0.1, 0.15) is 5.69 Å². The van der Waals surface area contributed by atoms with Crippen molar-refractivity contribution in [2.24, 2.45) is 0 Å². The highest BCUT2D eigenvalue weighted by Crippen LogP contribution is 2.14. The van der Waals surface area contributed by atoms with Crippen molar-refractivity contribution in [2.75, 3.05) is 5.33 Å². The number of rotatable bonds is 2. The van der Waals surface area contributed by atoms with E-state index >= 15 is 0 Å². The molecule has 3 heteroatoms. The minimum Gasteiger partial charge on any atom is -0.252 e. The summed E-state index contributed by atoms with van der Waals surface area (Å²) in [7, 11) is 0. The summed E-state index contributed by atoms with van der Waals surface area (Å²) in [5, 5.41) is 0.722. The van der Waals surface area contributed by atoms with Crippen LogP contribution in [0.25, 0.3) is 16.6 Å². The van der Waals surface area contributed by atoms with E-state index in [1.54, 1.807) is 6.20 Å². The Bertz CT molecular complexity index is 479. The third-order valence-corrected chi connectivity index (χ3v) is 2.65. The Balaban J connectivity index is 2.56. The predicted octanol–water partition coefficient (Wildman–Crippen LogP) is 3.04. The van der Waals surface area contributed by atoms with E-state index in [2.05, 4.69) is 32.5 Å². The lowest BCUT2D eigenvalue weighted by Crippen LogP contribution is -1.92. The fourth-order valence-corrected chi connectivity index (χ4v) is 1.48. The van der Waals surface area contributed by atoms with Crippen molar-refractivity contribution in [2.45, 2.75) is 0 Å². The lowest BCUT2D eigenvalue weighted by molar-refractivity contribution is 1.25. The molecule has 0 aliphatic heterocycles. The molecule has 2 aromatic rings. The van der Waals surface area contributed by atoms with E-state index in [0.717, 1.165) is 27.6 Å². The van der Waals surface area contributed by atoms with Crippen LogP contribution in [-0.2, 0) is 0 Å². The van der Waals surface area contributed by atoms with E-state index in [1.807, 2.05) is 24.3 Å². The molecular weight excluding hydrogens is 240 g/mol.